The first-order chi connectivity index (χ1) is 15.4. The summed E-state index contributed by atoms with van der Waals surface area (Å²) in [7, 11) is 0. The Bertz CT molecular complexity index is 1240. The van der Waals surface area contributed by atoms with Gasteiger partial charge in [-0.25, -0.2) is 14.5 Å². The quantitative estimate of drug-likeness (QED) is 0.452. The number of nitro groups is 1. The highest BCUT2D eigenvalue weighted by atomic mass is 16.6. The van der Waals surface area contributed by atoms with Gasteiger partial charge in [0.05, 0.1) is 11.1 Å². The van der Waals surface area contributed by atoms with Crippen molar-refractivity contribution in [3.63, 3.8) is 0 Å². The molecule has 166 valence electrons. The smallest absolute Gasteiger partial charge is 0.321 e. The number of rotatable bonds is 5. The van der Waals surface area contributed by atoms with Crippen LogP contribution in [-0.4, -0.2) is 42.2 Å². The van der Waals surface area contributed by atoms with Crippen molar-refractivity contribution in [2.75, 3.05) is 0 Å². The number of aromatic nitrogens is 4. The number of fused-ring (bicyclic) bond motifs is 1. The Hall–Kier alpha value is -4.09. The van der Waals surface area contributed by atoms with E-state index in [0.29, 0.717) is 0 Å². The number of imide groups is 1. The standard InChI is InChI=1S/C20H21N7O5/c28-17(24-20(30)23-13-6-2-1-3-7-13)11-25-12-21-18-14(19(25)29)10-22-26(18)15-8-4-5-9-16(15)27(31)32/h4-5,8-10,12-13H,1-3,6-7,11H2,(H2,23,24,28,30). The number of amides is 3. The van der Waals surface area contributed by atoms with E-state index in [0.717, 1.165) is 43.0 Å². The van der Waals surface area contributed by atoms with Crippen LogP contribution in [0.3, 0.4) is 0 Å². The van der Waals surface area contributed by atoms with Crippen molar-refractivity contribution >= 4 is 28.7 Å². The van der Waals surface area contributed by atoms with Crippen molar-refractivity contribution in [2.24, 2.45) is 0 Å². The molecule has 2 N–H and O–H groups in total. The molecule has 3 amide bonds. The van der Waals surface area contributed by atoms with E-state index in [1.54, 1.807) is 6.07 Å². The molecule has 2 aromatic heterocycles. The fourth-order valence-electron chi connectivity index (χ4n) is 3.82. The van der Waals surface area contributed by atoms with Crippen LogP contribution in [0.1, 0.15) is 32.1 Å². The summed E-state index contributed by atoms with van der Waals surface area (Å²) < 4.78 is 2.26. The maximum absolute atomic E-state index is 12.8. The monoisotopic (exact) mass is 439 g/mol. The number of carbonyl (C=O) groups excluding carboxylic acids is 2. The SMILES string of the molecule is O=C(Cn1cnc2c(cnn2-c2ccccc2[N+](=O)[O-])c1=O)NC(=O)NC1CCCCC1. The number of nitrogens with zero attached hydrogens (tertiary/aromatic N) is 5. The third kappa shape index (κ3) is 4.33. The second kappa shape index (κ2) is 8.96. The zero-order valence-electron chi connectivity index (χ0n) is 17.1. The van der Waals surface area contributed by atoms with Gasteiger partial charge in [0, 0.05) is 12.1 Å². The number of nitro benzene ring substituents is 1. The van der Waals surface area contributed by atoms with Gasteiger partial charge < -0.3 is 5.32 Å². The molecule has 12 heteroatoms. The summed E-state index contributed by atoms with van der Waals surface area (Å²) >= 11 is 0. The summed E-state index contributed by atoms with van der Waals surface area (Å²) in [6.07, 6.45) is 7.38. The Kier molecular flexibility index (Phi) is 5.92. The second-order valence-corrected chi connectivity index (χ2v) is 7.57. The van der Waals surface area contributed by atoms with Gasteiger partial charge in [-0.1, -0.05) is 31.4 Å². The molecule has 3 aromatic rings. The Morgan fingerprint density at radius 1 is 1.19 bits per heavy atom. The molecule has 0 aliphatic heterocycles. The molecule has 32 heavy (non-hydrogen) atoms. The van der Waals surface area contributed by atoms with E-state index in [1.807, 2.05) is 0 Å². The minimum Gasteiger partial charge on any atom is -0.335 e. The maximum Gasteiger partial charge on any atom is 0.321 e. The lowest BCUT2D eigenvalue weighted by Crippen LogP contribution is -2.46. The van der Waals surface area contributed by atoms with Crippen LogP contribution in [0, 0.1) is 10.1 Å². The van der Waals surface area contributed by atoms with Gasteiger partial charge in [-0.2, -0.15) is 5.10 Å². The lowest BCUT2D eigenvalue weighted by atomic mass is 9.96. The van der Waals surface area contributed by atoms with Crippen molar-refractivity contribution in [1.82, 2.24) is 30.0 Å². The number of urea groups is 1. The molecule has 0 radical (unpaired) electrons. The first-order valence-electron chi connectivity index (χ1n) is 10.2. The molecule has 1 saturated carbocycles. The molecule has 0 saturated heterocycles. The fraction of sp³-hybridized carbons (Fsp3) is 0.350. The Morgan fingerprint density at radius 2 is 1.94 bits per heavy atom. The van der Waals surface area contributed by atoms with Crippen molar-refractivity contribution in [3.05, 3.63) is 57.3 Å². The summed E-state index contributed by atoms with van der Waals surface area (Å²) in [5, 5.41) is 20.5. The van der Waals surface area contributed by atoms with Crippen LogP contribution in [0.2, 0.25) is 0 Å². The summed E-state index contributed by atoms with van der Waals surface area (Å²) in [6, 6.07) is 5.41. The molecule has 0 atom stereocenters. The molecule has 0 spiro atoms. The van der Waals surface area contributed by atoms with Crippen molar-refractivity contribution < 1.29 is 14.5 Å². The van der Waals surface area contributed by atoms with E-state index in [9.17, 15) is 24.5 Å². The van der Waals surface area contributed by atoms with Crippen LogP contribution < -0.4 is 16.2 Å². The van der Waals surface area contributed by atoms with E-state index in [4.69, 9.17) is 0 Å². The summed E-state index contributed by atoms with van der Waals surface area (Å²) in [5.41, 5.74) is -0.459. The van der Waals surface area contributed by atoms with Gasteiger partial charge in [-0.3, -0.25) is 29.6 Å². The van der Waals surface area contributed by atoms with Gasteiger partial charge in [0.25, 0.3) is 11.2 Å². The van der Waals surface area contributed by atoms with Gasteiger partial charge in [0.1, 0.15) is 23.9 Å². The van der Waals surface area contributed by atoms with Gasteiger partial charge >= 0.3 is 6.03 Å². The van der Waals surface area contributed by atoms with E-state index in [-0.39, 0.29) is 28.5 Å². The van der Waals surface area contributed by atoms with Crippen LogP contribution in [0.5, 0.6) is 0 Å². The molecular weight excluding hydrogens is 418 g/mol. The van der Waals surface area contributed by atoms with E-state index in [2.05, 4.69) is 20.7 Å². The highest BCUT2D eigenvalue weighted by Gasteiger charge is 2.20. The number of nitrogens with one attached hydrogen (secondary N) is 2. The number of hydrogen-bond acceptors (Lipinski definition) is 7. The van der Waals surface area contributed by atoms with Crippen LogP contribution in [0.25, 0.3) is 16.7 Å². The van der Waals surface area contributed by atoms with Crippen molar-refractivity contribution in [1.29, 1.82) is 0 Å². The minimum absolute atomic E-state index is 0.0465. The van der Waals surface area contributed by atoms with E-state index < -0.39 is 29.0 Å². The lowest BCUT2D eigenvalue weighted by molar-refractivity contribution is -0.384. The number of para-hydroxylation sites is 2. The van der Waals surface area contributed by atoms with Gasteiger partial charge in [0.2, 0.25) is 5.91 Å². The maximum atomic E-state index is 12.8. The predicted octanol–water partition coefficient (Wildman–Crippen LogP) is 1.65. The van der Waals surface area contributed by atoms with Crippen LogP contribution in [0.4, 0.5) is 10.5 Å². The minimum atomic E-state index is -0.660. The molecule has 1 aliphatic rings. The molecular formula is C20H21N7O5. The highest BCUT2D eigenvalue weighted by Crippen LogP contribution is 2.23. The molecule has 1 aliphatic carbocycles. The predicted molar refractivity (Wildman–Crippen MR) is 113 cm³/mol. The normalized spacial score (nSPS) is 14.2. The number of benzene rings is 1. The van der Waals surface area contributed by atoms with Crippen molar-refractivity contribution in [3.8, 4) is 5.69 Å². The van der Waals surface area contributed by atoms with E-state index >= 15 is 0 Å². The molecule has 1 fully saturated rings. The number of hydrogen-bond donors (Lipinski definition) is 2. The molecule has 1 aromatic carbocycles. The zero-order chi connectivity index (χ0) is 22.7. The molecule has 0 bridgehead atoms. The topological polar surface area (TPSA) is 154 Å². The first kappa shape index (κ1) is 21.2. The second-order valence-electron chi connectivity index (χ2n) is 7.57. The largest absolute Gasteiger partial charge is 0.335 e. The third-order valence-electron chi connectivity index (χ3n) is 5.37. The average molecular weight is 439 g/mol. The van der Waals surface area contributed by atoms with Crippen LogP contribution in [0.15, 0.2) is 41.6 Å². The van der Waals surface area contributed by atoms with Gasteiger partial charge in [0.15, 0.2) is 5.65 Å². The molecule has 2 heterocycles. The lowest BCUT2D eigenvalue weighted by Gasteiger charge is -2.22. The zero-order valence-corrected chi connectivity index (χ0v) is 17.1. The first-order valence-corrected chi connectivity index (χ1v) is 10.2. The van der Waals surface area contributed by atoms with E-state index in [1.165, 1.54) is 29.1 Å². The Labute approximate surface area is 181 Å². The number of carbonyl (C=O) groups is 2. The summed E-state index contributed by atoms with van der Waals surface area (Å²) in [6.45, 7) is -0.406. The van der Waals surface area contributed by atoms with Crippen LogP contribution in [-0.2, 0) is 11.3 Å². The average Bonchev–Trinajstić information content (AvgIpc) is 3.21. The van der Waals surface area contributed by atoms with Gasteiger partial charge in [-0.05, 0) is 18.9 Å². The Morgan fingerprint density at radius 3 is 2.69 bits per heavy atom. The van der Waals surface area contributed by atoms with Crippen molar-refractivity contribution in [2.45, 2.75) is 44.7 Å². The fourth-order valence-corrected chi connectivity index (χ4v) is 3.82. The third-order valence-corrected chi connectivity index (χ3v) is 5.37. The van der Waals surface area contributed by atoms with Crippen LogP contribution >= 0.6 is 0 Å². The molecule has 0 unspecified atom stereocenters. The molecule has 4 rings (SSSR count). The summed E-state index contributed by atoms with van der Waals surface area (Å²) in [4.78, 5) is 52.0. The van der Waals surface area contributed by atoms with Gasteiger partial charge in [-0.15, -0.1) is 0 Å². The summed E-state index contributed by atoms with van der Waals surface area (Å²) in [5.74, 6) is -0.660. The highest BCUT2D eigenvalue weighted by molar-refractivity contribution is 5.94. The Balaban J connectivity index is 1.51. The molecule has 12 nitrogen and oxygen atoms in total.